The summed E-state index contributed by atoms with van der Waals surface area (Å²) in [6.07, 6.45) is -15.3. The van der Waals surface area contributed by atoms with Crippen molar-refractivity contribution in [3.8, 4) is 0 Å². The standard InChI is InChI=1S/C16H9F9O/c17-14(18,19)10-6-4-9(5-7-10)13(26,16(23,24)25)11-2-1-3-12(8-11)15(20,21)22/h1-8,26H. The van der Waals surface area contributed by atoms with Crippen molar-refractivity contribution in [3.05, 3.63) is 70.8 Å². The zero-order valence-corrected chi connectivity index (χ0v) is 12.5. The van der Waals surface area contributed by atoms with Crippen LogP contribution in [-0.4, -0.2) is 11.3 Å². The quantitative estimate of drug-likeness (QED) is 0.672. The molecule has 2 aromatic rings. The number of rotatable bonds is 2. The highest BCUT2D eigenvalue weighted by Gasteiger charge is 2.56. The molecule has 0 aliphatic heterocycles. The molecular formula is C16H9F9O. The van der Waals surface area contributed by atoms with E-state index in [9.17, 15) is 44.6 Å². The molecule has 1 atom stereocenters. The number of aliphatic hydroxyl groups is 1. The van der Waals surface area contributed by atoms with Gasteiger partial charge in [-0.1, -0.05) is 24.3 Å². The molecule has 26 heavy (non-hydrogen) atoms. The summed E-state index contributed by atoms with van der Waals surface area (Å²) in [5.41, 5.74) is -8.84. The van der Waals surface area contributed by atoms with Gasteiger partial charge in [-0.05, 0) is 35.4 Å². The normalized spacial score (nSPS) is 15.6. The van der Waals surface area contributed by atoms with Crippen molar-refractivity contribution in [1.82, 2.24) is 0 Å². The van der Waals surface area contributed by atoms with Gasteiger partial charge in [-0.15, -0.1) is 0 Å². The number of alkyl halides is 9. The molecule has 0 aliphatic rings. The Labute approximate surface area is 140 Å². The van der Waals surface area contributed by atoms with Crippen molar-refractivity contribution in [1.29, 1.82) is 0 Å². The zero-order valence-electron chi connectivity index (χ0n) is 12.5. The summed E-state index contributed by atoms with van der Waals surface area (Å²) in [5, 5.41) is 10.2. The van der Waals surface area contributed by atoms with Crippen LogP contribution in [0.2, 0.25) is 0 Å². The van der Waals surface area contributed by atoms with Crippen LogP contribution in [-0.2, 0) is 18.0 Å². The Morgan fingerprint density at radius 2 is 0.962 bits per heavy atom. The van der Waals surface area contributed by atoms with Crippen LogP contribution in [0.5, 0.6) is 0 Å². The average Bonchev–Trinajstić information content (AvgIpc) is 2.51. The van der Waals surface area contributed by atoms with Crippen LogP contribution in [0.3, 0.4) is 0 Å². The Balaban J connectivity index is 2.64. The first-order chi connectivity index (χ1) is 11.7. The van der Waals surface area contributed by atoms with Gasteiger partial charge in [0.25, 0.3) is 0 Å². The van der Waals surface area contributed by atoms with Crippen LogP contribution in [0.4, 0.5) is 39.5 Å². The van der Waals surface area contributed by atoms with E-state index < -0.39 is 46.4 Å². The maximum atomic E-state index is 13.5. The van der Waals surface area contributed by atoms with Crippen LogP contribution in [0.25, 0.3) is 0 Å². The number of benzene rings is 2. The molecule has 1 nitrogen and oxygen atoms in total. The molecule has 0 saturated carbocycles. The van der Waals surface area contributed by atoms with Crippen LogP contribution >= 0.6 is 0 Å². The van der Waals surface area contributed by atoms with Crippen LogP contribution < -0.4 is 0 Å². The van der Waals surface area contributed by atoms with Gasteiger partial charge in [0.2, 0.25) is 5.60 Å². The predicted molar refractivity (Wildman–Crippen MR) is 71.9 cm³/mol. The van der Waals surface area contributed by atoms with E-state index in [-0.39, 0.29) is 6.07 Å². The molecular weight excluding hydrogens is 379 g/mol. The molecule has 142 valence electrons. The summed E-state index contributed by atoms with van der Waals surface area (Å²) in [7, 11) is 0. The fourth-order valence-electron chi connectivity index (χ4n) is 2.31. The van der Waals surface area contributed by atoms with Crippen LogP contribution in [0, 0.1) is 0 Å². The smallest absolute Gasteiger partial charge is 0.372 e. The molecule has 0 radical (unpaired) electrons. The van der Waals surface area contributed by atoms with Crippen molar-refractivity contribution >= 4 is 0 Å². The topological polar surface area (TPSA) is 20.2 Å². The second-order valence-electron chi connectivity index (χ2n) is 5.36. The fourth-order valence-corrected chi connectivity index (χ4v) is 2.31. The summed E-state index contributed by atoms with van der Waals surface area (Å²) >= 11 is 0. The van der Waals surface area contributed by atoms with E-state index >= 15 is 0 Å². The Kier molecular flexibility index (Phi) is 4.78. The van der Waals surface area contributed by atoms with Gasteiger partial charge in [0.05, 0.1) is 11.1 Å². The molecule has 0 bridgehead atoms. The number of halogens is 9. The van der Waals surface area contributed by atoms with Gasteiger partial charge >= 0.3 is 18.5 Å². The minimum atomic E-state index is -5.49. The maximum Gasteiger partial charge on any atom is 0.425 e. The summed E-state index contributed by atoms with van der Waals surface area (Å²) in [6.45, 7) is 0. The van der Waals surface area contributed by atoms with Crippen molar-refractivity contribution in [2.75, 3.05) is 0 Å². The summed E-state index contributed by atoms with van der Waals surface area (Å²) < 4.78 is 116. The van der Waals surface area contributed by atoms with Crippen molar-refractivity contribution in [3.63, 3.8) is 0 Å². The monoisotopic (exact) mass is 388 g/mol. The first kappa shape index (κ1) is 20.1. The first-order valence-corrected chi connectivity index (χ1v) is 6.82. The molecule has 0 spiro atoms. The third-order valence-electron chi connectivity index (χ3n) is 3.65. The van der Waals surface area contributed by atoms with E-state index in [1.807, 2.05) is 0 Å². The Bertz CT molecular complexity index is 772. The molecule has 2 aromatic carbocycles. The van der Waals surface area contributed by atoms with Gasteiger partial charge in [-0.3, -0.25) is 0 Å². The second-order valence-corrected chi connectivity index (χ2v) is 5.36. The third kappa shape index (κ3) is 3.64. The lowest BCUT2D eigenvalue weighted by molar-refractivity contribution is -0.248. The van der Waals surface area contributed by atoms with E-state index in [0.29, 0.717) is 42.5 Å². The zero-order chi connectivity index (χ0) is 20.0. The van der Waals surface area contributed by atoms with E-state index in [4.69, 9.17) is 0 Å². The maximum absolute atomic E-state index is 13.5. The van der Waals surface area contributed by atoms with Crippen molar-refractivity contribution in [2.24, 2.45) is 0 Å². The van der Waals surface area contributed by atoms with E-state index in [0.717, 1.165) is 0 Å². The molecule has 0 heterocycles. The molecule has 0 saturated heterocycles. The molecule has 0 fully saturated rings. The molecule has 1 N–H and O–H groups in total. The van der Waals surface area contributed by atoms with Gasteiger partial charge in [0.15, 0.2) is 0 Å². The second kappa shape index (κ2) is 6.19. The largest absolute Gasteiger partial charge is 0.425 e. The SMILES string of the molecule is OC(c1ccc(C(F)(F)F)cc1)(c1cccc(C(F)(F)F)c1)C(F)(F)F. The Morgan fingerprint density at radius 3 is 1.38 bits per heavy atom. The minimum absolute atomic E-state index is 0.102. The highest BCUT2D eigenvalue weighted by atomic mass is 19.4. The number of hydrogen-bond donors (Lipinski definition) is 1. The Hall–Kier alpha value is -2.23. The highest BCUT2D eigenvalue weighted by molar-refractivity contribution is 5.41. The van der Waals surface area contributed by atoms with Gasteiger partial charge in [0, 0.05) is 0 Å². The molecule has 2 rings (SSSR count). The fraction of sp³-hybridized carbons (Fsp3) is 0.250. The summed E-state index contributed by atoms with van der Waals surface area (Å²) in [5.74, 6) is 0. The van der Waals surface area contributed by atoms with E-state index in [2.05, 4.69) is 0 Å². The molecule has 1 unspecified atom stereocenters. The molecule has 0 aliphatic carbocycles. The lowest BCUT2D eigenvalue weighted by Crippen LogP contribution is -2.43. The van der Waals surface area contributed by atoms with Gasteiger partial charge < -0.3 is 5.11 Å². The molecule has 0 amide bonds. The van der Waals surface area contributed by atoms with Crippen molar-refractivity contribution < 1.29 is 44.6 Å². The molecule has 10 heteroatoms. The van der Waals surface area contributed by atoms with Gasteiger partial charge in [0.1, 0.15) is 0 Å². The average molecular weight is 388 g/mol. The van der Waals surface area contributed by atoms with Crippen LogP contribution in [0.15, 0.2) is 48.5 Å². The minimum Gasteiger partial charge on any atom is -0.372 e. The summed E-state index contributed by atoms with van der Waals surface area (Å²) in [4.78, 5) is 0. The van der Waals surface area contributed by atoms with Crippen LogP contribution in [0.1, 0.15) is 22.3 Å². The lowest BCUT2D eigenvalue weighted by Gasteiger charge is -2.32. The predicted octanol–water partition coefficient (Wildman–Crippen LogP) is 5.52. The lowest BCUT2D eigenvalue weighted by atomic mass is 9.84. The van der Waals surface area contributed by atoms with E-state index in [1.54, 1.807) is 0 Å². The highest BCUT2D eigenvalue weighted by Crippen LogP contribution is 2.45. The Morgan fingerprint density at radius 1 is 0.538 bits per heavy atom. The van der Waals surface area contributed by atoms with E-state index in [1.165, 1.54) is 0 Å². The van der Waals surface area contributed by atoms with Gasteiger partial charge in [-0.25, -0.2) is 0 Å². The summed E-state index contributed by atoms with van der Waals surface area (Å²) in [6, 6.07) is 3.24. The van der Waals surface area contributed by atoms with Crippen molar-refractivity contribution in [2.45, 2.75) is 24.1 Å². The van der Waals surface area contributed by atoms with Gasteiger partial charge in [-0.2, -0.15) is 39.5 Å². The first-order valence-electron chi connectivity index (χ1n) is 6.82. The molecule has 0 aromatic heterocycles. The number of hydrogen-bond acceptors (Lipinski definition) is 1. The third-order valence-corrected chi connectivity index (χ3v) is 3.65.